The summed E-state index contributed by atoms with van der Waals surface area (Å²) < 4.78 is 13.7. The predicted octanol–water partition coefficient (Wildman–Crippen LogP) is 1.19. The van der Waals surface area contributed by atoms with Crippen LogP contribution in [-0.2, 0) is 4.79 Å². The molecule has 3 atom stereocenters. The van der Waals surface area contributed by atoms with Crippen molar-refractivity contribution in [3.05, 3.63) is 30.1 Å². The lowest BCUT2D eigenvalue weighted by Gasteiger charge is -2.32. The van der Waals surface area contributed by atoms with E-state index in [1.807, 2.05) is 0 Å². The van der Waals surface area contributed by atoms with E-state index in [1.165, 1.54) is 12.1 Å². The second-order valence-corrected chi connectivity index (χ2v) is 6.93. The molecule has 0 bridgehead atoms. The average Bonchev–Trinajstić information content (AvgIpc) is 3.06. The molecule has 27 heavy (non-hydrogen) atoms. The molecule has 150 valence electrons. The number of urea groups is 1. The summed E-state index contributed by atoms with van der Waals surface area (Å²) in [6, 6.07) is 5.60. The number of nitrogens with one attached hydrogen (secondary N) is 3. The lowest BCUT2D eigenvalue weighted by Crippen LogP contribution is -2.48. The highest BCUT2D eigenvalue weighted by Gasteiger charge is 2.30. The third-order valence-electron chi connectivity index (χ3n) is 5.04. The third-order valence-corrected chi connectivity index (χ3v) is 5.04. The first kappa shape index (κ1) is 21.4. The average molecular weight is 401 g/mol. The van der Waals surface area contributed by atoms with Crippen LogP contribution in [0.15, 0.2) is 24.3 Å². The van der Waals surface area contributed by atoms with E-state index < -0.39 is 18.0 Å². The summed E-state index contributed by atoms with van der Waals surface area (Å²) in [5.74, 6) is -0.868. The van der Waals surface area contributed by atoms with Gasteiger partial charge >= 0.3 is 6.03 Å². The van der Waals surface area contributed by atoms with Gasteiger partial charge in [0.2, 0.25) is 5.91 Å². The van der Waals surface area contributed by atoms with Gasteiger partial charge < -0.3 is 26.0 Å². The smallest absolute Gasteiger partial charge is 0.321 e. The largest absolute Gasteiger partial charge is 0.391 e. The maximum Gasteiger partial charge on any atom is 0.321 e. The lowest BCUT2D eigenvalue weighted by atomic mass is 9.97. The molecular weight excluding hydrogens is 375 g/mol. The Balaban J connectivity index is 0.00000261. The number of aliphatic hydroxyl groups is 1. The van der Waals surface area contributed by atoms with E-state index in [9.17, 15) is 19.1 Å². The van der Waals surface area contributed by atoms with E-state index >= 15 is 0 Å². The first-order valence-electron chi connectivity index (χ1n) is 9.01. The maximum absolute atomic E-state index is 13.7. The van der Waals surface area contributed by atoms with Crippen molar-refractivity contribution in [2.75, 3.05) is 38.0 Å². The first-order chi connectivity index (χ1) is 12.5. The van der Waals surface area contributed by atoms with Crippen LogP contribution in [0.5, 0.6) is 0 Å². The molecule has 0 aromatic heterocycles. The fourth-order valence-corrected chi connectivity index (χ4v) is 3.44. The number of nitrogens with zero attached hydrogens (tertiary/aromatic N) is 1. The number of aliphatic hydroxyl groups excluding tert-OH is 1. The fraction of sp³-hybridized carbons (Fsp3) is 0.556. The van der Waals surface area contributed by atoms with E-state index in [-0.39, 0.29) is 35.8 Å². The zero-order valence-electron chi connectivity index (χ0n) is 15.0. The number of benzene rings is 1. The Bertz CT molecular complexity index is 663. The number of β-amino-alcohol motifs (C(OH)–C–C–N with tert-alkyl or cyclic N) is 1. The number of carbonyl (C=O) groups excluding carboxylic acids is 2. The summed E-state index contributed by atoms with van der Waals surface area (Å²) >= 11 is 0. The number of para-hydroxylation sites is 1. The molecule has 0 radical (unpaired) electrons. The molecule has 2 aliphatic heterocycles. The highest BCUT2D eigenvalue weighted by atomic mass is 35.5. The summed E-state index contributed by atoms with van der Waals surface area (Å²) in [5, 5.41) is 18.3. The fourth-order valence-electron chi connectivity index (χ4n) is 3.44. The van der Waals surface area contributed by atoms with Crippen LogP contribution in [0.2, 0.25) is 0 Å². The highest BCUT2D eigenvalue weighted by molar-refractivity contribution is 5.90. The van der Waals surface area contributed by atoms with E-state index in [2.05, 4.69) is 16.0 Å². The minimum Gasteiger partial charge on any atom is -0.391 e. The molecule has 2 heterocycles. The Morgan fingerprint density at radius 2 is 2.07 bits per heavy atom. The SMILES string of the molecule is Cl.O=C(NCC1CNCC1O)C1CCCN(C(=O)Nc2ccccc2F)C1. The zero-order chi connectivity index (χ0) is 18.5. The maximum atomic E-state index is 13.7. The highest BCUT2D eigenvalue weighted by Crippen LogP contribution is 2.19. The molecule has 2 saturated heterocycles. The normalized spacial score (nSPS) is 24.8. The number of anilines is 1. The zero-order valence-corrected chi connectivity index (χ0v) is 15.8. The Morgan fingerprint density at radius 1 is 1.30 bits per heavy atom. The van der Waals surface area contributed by atoms with Crippen LogP contribution in [0.4, 0.5) is 14.9 Å². The van der Waals surface area contributed by atoms with Gasteiger partial charge in [-0.05, 0) is 25.0 Å². The second-order valence-electron chi connectivity index (χ2n) is 6.93. The van der Waals surface area contributed by atoms with Gasteiger partial charge in [-0.3, -0.25) is 4.79 Å². The molecule has 0 saturated carbocycles. The number of likely N-dealkylation sites (tertiary alicyclic amines) is 1. The summed E-state index contributed by atoms with van der Waals surface area (Å²) in [6.07, 6.45) is 0.988. The quantitative estimate of drug-likeness (QED) is 0.610. The van der Waals surface area contributed by atoms with Crippen LogP contribution in [0.3, 0.4) is 0 Å². The van der Waals surface area contributed by atoms with Crippen molar-refractivity contribution in [1.29, 1.82) is 0 Å². The van der Waals surface area contributed by atoms with Gasteiger partial charge in [-0.2, -0.15) is 0 Å². The molecule has 0 aliphatic carbocycles. The van der Waals surface area contributed by atoms with Crippen LogP contribution >= 0.6 is 12.4 Å². The van der Waals surface area contributed by atoms with E-state index in [4.69, 9.17) is 0 Å². The number of hydrogen-bond acceptors (Lipinski definition) is 4. The number of rotatable bonds is 4. The molecule has 2 fully saturated rings. The van der Waals surface area contributed by atoms with Crippen molar-refractivity contribution < 1.29 is 19.1 Å². The van der Waals surface area contributed by atoms with Crippen LogP contribution in [0, 0.1) is 17.7 Å². The van der Waals surface area contributed by atoms with Crippen LogP contribution in [0.1, 0.15) is 12.8 Å². The van der Waals surface area contributed by atoms with Gasteiger partial charge in [-0.1, -0.05) is 12.1 Å². The van der Waals surface area contributed by atoms with Crippen molar-refractivity contribution in [2.45, 2.75) is 18.9 Å². The van der Waals surface area contributed by atoms with E-state index in [0.29, 0.717) is 39.1 Å². The van der Waals surface area contributed by atoms with Crippen molar-refractivity contribution in [2.24, 2.45) is 11.8 Å². The molecule has 7 nitrogen and oxygen atoms in total. The van der Waals surface area contributed by atoms with E-state index in [0.717, 1.165) is 6.42 Å². The lowest BCUT2D eigenvalue weighted by molar-refractivity contribution is -0.126. The Hall–Kier alpha value is -1.90. The van der Waals surface area contributed by atoms with Crippen molar-refractivity contribution in [1.82, 2.24) is 15.5 Å². The van der Waals surface area contributed by atoms with Gasteiger partial charge in [0.25, 0.3) is 0 Å². The number of hydrogen-bond donors (Lipinski definition) is 4. The predicted molar refractivity (Wildman–Crippen MR) is 102 cm³/mol. The molecule has 0 spiro atoms. The molecule has 3 rings (SSSR count). The molecule has 9 heteroatoms. The summed E-state index contributed by atoms with van der Waals surface area (Å²) in [6.45, 7) is 2.50. The number of piperidine rings is 1. The minimum absolute atomic E-state index is 0. The van der Waals surface area contributed by atoms with Crippen molar-refractivity contribution in [3.8, 4) is 0 Å². The van der Waals surface area contributed by atoms with Crippen LogP contribution < -0.4 is 16.0 Å². The van der Waals surface area contributed by atoms with Gasteiger partial charge in [-0.15, -0.1) is 12.4 Å². The van der Waals surface area contributed by atoms with Gasteiger partial charge in [0.15, 0.2) is 0 Å². The monoisotopic (exact) mass is 400 g/mol. The number of carbonyl (C=O) groups is 2. The molecule has 3 unspecified atom stereocenters. The molecule has 2 aliphatic rings. The molecule has 1 aromatic rings. The number of halogens is 2. The Kier molecular flexibility index (Phi) is 7.82. The molecule has 3 amide bonds. The molecule has 4 N–H and O–H groups in total. The summed E-state index contributed by atoms with van der Waals surface area (Å²) in [5.41, 5.74) is 0.131. The number of amides is 3. The standard InChI is InChI=1S/C18H25FN4O3.ClH/c19-14-5-1-2-6-15(14)22-18(26)23-7-3-4-12(11-23)17(25)21-9-13-8-20-10-16(13)24;/h1-2,5-6,12-13,16,20,24H,3-4,7-11H2,(H,21,25)(H,22,26);1H. The Morgan fingerprint density at radius 3 is 2.78 bits per heavy atom. The van der Waals surface area contributed by atoms with Gasteiger partial charge in [0, 0.05) is 38.6 Å². The summed E-state index contributed by atoms with van der Waals surface area (Å²) in [4.78, 5) is 26.3. The Labute approximate surface area is 164 Å². The second kappa shape index (κ2) is 9.87. The van der Waals surface area contributed by atoms with Gasteiger partial charge in [-0.25, -0.2) is 9.18 Å². The van der Waals surface area contributed by atoms with Crippen LogP contribution in [0.25, 0.3) is 0 Å². The topological polar surface area (TPSA) is 93.7 Å². The summed E-state index contributed by atoms with van der Waals surface area (Å²) in [7, 11) is 0. The molecule has 1 aromatic carbocycles. The van der Waals surface area contributed by atoms with Gasteiger partial charge in [0.05, 0.1) is 17.7 Å². The van der Waals surface area contributed by atoms with Crippen LogP contribution in [-0.4, -0.2) is 60.8 Å². The minimum atomic E-state index is -0.490. The molecular formula is C18H26ClFN4O3. The van der Waals surface area contributed by atoms with Crippen molar-refractivity contribution >= 4 is 30.0 Å². The van der Waals surface area contributed by atoms with E-state index in [1.54, 1.807) is 17.0 Å². The first-order valence-corrected chi connectivity index (χ1v) is 9.01. The van der Waals surface area contributed by atoms with Gasteiger partial charge in [0.1, 0.15) is 5.82 Å². The third kappa shape index (κ3) is 5.54. The van der Waals surface area contributed by atoms with Crippen molar-refractivity contribution in [3.63, 3.8) is 0 Å².